The minimum Gasteiger partial charge on any atom is -0.497 e. The van der Waals surface area contributed by atoms with Crippen molar-refractivity contribution < 1.29 is 22.7 Å². The molecule has 11 heteroatoms. The molecule has 6 rings (SSSR count). The Kier molecular flexibility index (Phi) is 7.20. The summed E-state index contributed by atoms with van der Waals surface area (Å²) in [7, 11) is -2.63. The molecule has 41 heavy (non-hydrogen) atoms. The number of carbonyl (C=O) groups is 2. The van der Waals surface area contributed by atoms with Crippen LogP contribution in [0.5, 0.6) is 5.75 Å². The lowest BCUT2D eigenvalue weighted by atomic mass is 10.2. The molecule has 2 amide bonds. The van der Waals surface area contributed by atoms with Crippen molar-refractivity contribution in [2.24, 2.45) is 0 Å². The Balaban J connectivity index is 1.30. The van der Waals surface area contributed by atoms with E-state index in [2.05, 4.69) is 6.07 Å². The van der Waals surface area contributed by atoms with E-state index >= 15 is 0 Å². The van der Waals surface area contributed by atoms with Crippen molar-refractivity contribution in [1.82, 2.24) is 9.29 Å². The van der Waals surface area contributed by atoms with Gasteiger partial charge in [-0.15, -0.1) is 22.7 Å². The molecule has 1 fully saturated rings. The van der Waals surface area contributed by atoms with Crippen LogP contribution in [0.1, 0.15) is 16.9 Å². The van der Waals surface area contributed by atoms with Gasteiger partial charge in [-0.05, 0) is 84.6 Å². The highest BCUT2D eigenvalue weighted by Crippen LogP contribution is 2.35. The van der Waals surface area contributed by atoms with Gasteiger partial charge < -0.3 is 4.74 Å². The van der Waals surface area contributed by atoms with Gasteiger partial charge >= 0.3 is 0 Å². The lowest BCUT2D eigenvalue weighted by Crippen LogP contribution is -2.44. The number of rotatable bonds is 8. The lowest BCUT2D eigenvalue weighted by molar-refractivity contribution is -0.122. The molecule has 0 aliphatic carbocycles. The monoisotopic (exact) mass is 603 g/mol. The van der Waals surface area contributed by atoms with E-state index in [1.165, 1.54) is 30.6 Å². The highest BCUT2D eigenvalue weighted by Gasteiger charge is 2.47. The van der Waals surface area contributed by atoms with Crippen LogP contribution >= 0.6 is 22.7 Å². The molecule has 1 saturated heterocycles. The Hall–Kier alpha value is -3.90. The summed E-state index contributed by atoms with van der Waals surface area (Å²) in [6.07, 6.45) is -0.251. The van der Waals surface area contributed by atoms with E-state index < -0.39 is 27.9 Å². The second-order valence-corrected chi connectivity index (χ2v) is 13.6. The SMILES string of the molecule is COc1ccc(S(=O)(=O)N(Cc2cccs2)C2CC(=O)N(c3ccc(-c4nc5ccc(C)cc5s4)cc3)C2=O)cc1. The zero-order chi connectivity index (χ0) is 28.7. The third-order valence-corrected chi connectivity index (χ3v) is 10.7. The first-order chi connectivity index (χ1) is 19.7. The van der Waals surface area contributed by atoms with Crippen LogP contribution in [0.15, 0.2) is 89.1 Å². The Morgan fingerprint density at radius 2 is 1.78 bits per heavy atom. The van der Waals surface area contributed by atoms with E-state index in [1.807, 2.05) is 48.7 Å². The first-order valence-electron chi connectivity index (χ1n) is 12.8. The average molecular weight is 604 g/mol. The molecule has 3 heterocycles. The van der Waals surface area contributed by atoms with E-state index in [0.717, 1.165) is 40.4 Å². The first-order valence-corrected chi connectivity index (χ1v) is 15.9. The van der Waals surface area contributed by atoms with Gasteiger partial charge in [0, 0.05) is 17.0 Å². The predicted molar refractivity (Wildman–Crippen MR) is 161 cm³/mol. The maximum Gasteiger partial charge on any atom is 0.252 e. The molecule has 0 spiro atoms. The second kappa shape index (κ2) is 10.8. The van der Waals surface area contributed by atoms with Crippen LogP contribution in [0.3, 0.4) is 0 Å². The number of benzene rings is 3. The van der Waals surface area contributed by atoms with Crippen LogP contribution in [0, 0.1) is 6.92 Å². The number of hydrogen-bond acceptors (Lipinski definition) is 8. The van der Waals surface area contributed by atoms with Crippen molar-refractivity contribution in [3.8, 4) is 16.3 Å². The van der Waals surface area contributed by atoms with Crippen molar-refractivity contribution in [1.29, 1.82) is 0 Å². The fraction of sp³-hybridized carbons (Fsp3) is 0.167. The molecule has 8 nitrogen and oxygen atoms in total. The number of aromatic nitrogens is 1. The Morgan fingerprint density at radius 3 is 2.46 bits per heavy atom. The van der Waals surface area contributed by atoms with E-state index in [1.54, 1.807) is 35.6 Å². The molecule has 3 aromatic carbocycles. The number of aryl methyl sites for hydroxylation is 1. The molecular formula is C30H25N3O5S3. The average Bonchev–Trinajstić information content (AvgIpc) is 3.71. The number of thiophene rings is 1. The molecule has 1 aliphatic heterocycles. The highest BCUT2D eigenvalue weighted by molar-refractivity contribution is 7.89. The van der Waals surface area contributed by atoms with E-state index in [4.69, 9.17) is 9.72 Å². The van der Waals surface area contributed by atoms with Crippen LogP contribution in [-0.2, 0) is 26.2 Å². The molecule has 208 valence electrons. The quantitative estimate of drug-likeness (QED) is 0.206. The van der Waals surface area contributed by atoms with Crippen molar-refractivity contribution in [2.45, 2.75) is 30.8 Å². The molecule has 1 unspecified atom stereocenters. The Labute approximate surface area is 245 Å². The van der Waals surface area contributed by atoms with Crippen LogP contribution in [0.2, 0.25) is 0 Å². The zero-order valence-corrected chi connectivity index (χ0v) is 24.6. The van der Waals surface area contributed by atoms with Crippen molar-refractivity contribution >= 4 is 60.4 Å². The van der Waals surface area contributed by atoms with Crippen LogP contribution in [0.4, 0.5) is 5.69 Å². The molecule has 1 atom stereocenters. The Morgan fingerprint density at radius 1 is 1.02 bits per heavy atom. The molecule has 0 bridgehead atoms. The number of hydrogen-bond donors (Lipinski definition) is 0. The predicted octanol–water partition coefficient (Wildman–Crippen LogP) is 5.86. The third kappa shape index (κ3) is 5.17. The number of fused-ring (bicyclic) bond motifs is 1. The zero-order valence-electron chi connectivity index (χ0n) is 22.2. The van der Waals surface area contributed by atoms with Gasteiger partial charge in [0.1, 0.15) is 16.8 Å². The van der Waals surface area contributed by atoms with E-state index in [-0.39, 0.29) is 17.9 Å². The van der Waals surface area contributed by atoms with Crippen molar-refractivity contribution in [3.63, 3.8) is 0 Å². The summed E-state index contributed by atoms with van der Waals surface area (Å²) >= 11 is 2.96. The van der Waals surface area contributed by atoms with Gasteiger partial charge in [0.25, 0.3) is 5.91 Å². The molecular weight excluding hydrogens is 579 g/mol. The van der Waals surface area contributed by atoms with Crippen LogP contribution in [-0.4, -0.2) is 42.7 Å². The van der Waals surface area contributed by atoms with Gasteiger partial charge in [-0.2, -0.15) is 4.31 Å². The number of ether oxygens (including phenoxy) is 1. The number of imide groups is 1. The van der Waals surface area contributed by atoms with Crippen molar-refractivity contribution in [2.75, 3.05) is 12.0 Å². The number of thiazole rings is 1. The number of anilines is 1. The summed E-state index contributed by atoms with van der Waals surface area (Å²) < 4.78 is 35.1. The molecule has 2 aromatic heterocycles. The minimum absolute atomic E-state index is 0.0175. The highest BCUT2D eigenvalue weighted by atomic mass is 32.2. The summed E-state index contributed by atoms with van der Waals surface area (Å²) in [5.74, 6) is -0.521. The number of amides is 2. The maximum absolute atomic E-state index is 13.8. The van der Waals surface area contributed by atoms with Gasteiger partial charge in [-0.1, -0.05) is 12.1 Å². The summed E-state index contributed by atoms with van der Waals surface area (Å²) in [5, 5.41) is 2.68. The summed E-state index contributed by atoms with van der Waals surface area (Å²) in [6.45, 7) is 2.01. The summed E-state index contributed by atoms with van der Waals surface area (Å²) in [4.78, 5) is 33.5. The molecule has 0 radical (unpaired) electrons. The topological polar surface area (TPSA) is 96.9 Å². The summed E-state index contributed by atoms with van der Waals surface area (Å²) in [5.41, 5.74) is 3.33. The fourth-order valence-corrected chi connectivity index (χ4v) is 8.24. The Bertz CT molecular complexity index is 1850. The smallest absolute Gasteiger partial charge is 0.252 e. The maximum atomic E-state index is 13.8. The van der Waals surface area contributed by atoms with E-state index in [0.29, 0.717) is 11.4 Å². The number of nitrogens with zero attached hydrogens (tertiary/aromatic N) is 3. The van der Waals surface area contributed by atoms with Gasteiger partial charge in [0.05, 0.1) is 34.3 Å². The standard InChI is InChI=1S/C30H25N3O5S3/c1-19-5-14-25-27(16-19)40-29(31-25)20-6-8-21(9-7-20)33-28(34)17-26(30(33)35)32(18-23-4-3-15-39-23)41(36,37)24-12-10-22(38-2)11-13-24/h3-16,26H,17-18H2,1-2H3. The van der Waals surface area contributed by atoms with Crippen LogP contribution < -0.4 is 9.64 Å². The second-order valence-electron chi connectivity index (χ2n) is 9.63. The fourth-order valence-electron chi connectivity index (χ4n) is 4.82. The molecule has 5 aromatic rings. The summed E-state index contributed by atoms with van der Waals surface area (Å²) in [6, 6.07) is 21.6. The normalized spacial score (nSPS) is 15.8. The van der Waals surface area contributed by atoms with E-state index in [9.17, 15) is 18.0 Å². The van der Waals surface area contributed by atoms with Gasteiger partial charge in [0.2, 0.25) is 15.9 Å². The van der Waals surface area contributed by atoms with Crippen LogP contribution in [0.25, 0.3) is 20.8 Å². The molecule has 0 N–H and O–H groups in total. The molecule has 1 aliphatic rings. The number of sulfonamides is 1. The number of carbonyl (C=O) groups excluding carboxylic acids is 2. The largest absolute Gasteiger partial charge is 0.497 e. The van der Waals surface area contributed by atoms with Gasteiger partial charge in [-0.3, -0.25) is 9.59 Å². The van der Waals surface area contributed by atoms with Crippen molar-refractivity contribution in [3.05, 3.63) is 94.7 Å². The first kappa shape index (κ1) is 27.3. The van der Waals surface area contributed by atoms with Gasteiger partial charge in [-0.25, -0.2) is 18.3 Å². The lowest BCUT2D eigenvalue weighted by Gasteiger charge is -2.26. The number of methoxy groups -OCH3 is 1. The third-order valence-electron chi connectivity index (χ3n) is 6.94. The molecule has 0 saturated carbocycles. The minimum atomic E-state index is -4.13. The van der Waals surface area contributed by atoms with Gasteiger partial charge in [0.15, 0.2) is 0 Å².